The van der Waals surface area contributed by atoms with Crippen LogP contribution < -0.4 is 5.32 Å². The molecular formula is C23H25N5O. The minimum Gasteiger partial charge on any atom is -0.346 e. The number of rotatable bonds is 8. The van der Waals surface area contributed by atoms with E-state index < -0.39 is 0 Å². The SMILES string of the molecule is Cn1c([C@@H](Cc2ccccc2)NC(=O)CCCn2cccn2)nc2ccccc21. The lowest BCUT2D eigenvalue weighted by Crippen LogP contribution is -2.31. The molecule has 6 nitrogen and oxygen atoms in total. The molecule has 2 aromatic carbocycles. The van der Waals surface area contributed by atoms with Crippen molar-refractivity contribution in [2.75, 3.05) is 0 Å². The molecular weight excluding hydrogens is 362 g/mol. The van der Waals surface area contributed by atoms with Crippen LogP contribution in [0.1, 0.15) is 30.3 Å². The fourth-order valence-electron chi connectivity index (χ4n) is 3.63. The number of nitrogens with one attached hydrogen (secondary N) is 1. The molecule has 148 valence electrons. The van der Waals surface area contributed by atoms with Crippen molar-refractivity contribution in [2.45, 2.75) is 31.8 Å². The van der Waals surface area contributed by atoms with E-state index in [0.29, 0.717) is 12.8 Å². The van der Waals surface area contributed by atoms with E-state index in [0.717, 1.165) is 29.8 Å². The molecule has 0 fully saturated rings. The Balaban J connectivity index is 1.51. The lowest BCUT2D eigenvalue weighted by atomic mass is 10.0. The van der Waals surface area contributed by atoms with Crippen LogP contribution in [0, 0.1) is 0 Å². The maximum absolute atomic E-state index is 12.7. The van der Waals surface area contributed by atoms with Gasteiger partial charge in [-0.2, -0.15) is 5.10 Å². The maximum atomic E-state index is 12.7. The van der Waals surface area contributed by atoms with Crippen LogP contribution in [0.15, 0.2) is 73.1 Å². The molecule has 0 aliphatic carbocycles. The van der Waals surface area contributed by atoms with E-state index in [-0.39, 0.29) is 11.9 Å². The van der Waals surface area contributed by atoms with Crippen molar-refractivity contribution in [3.63, 3.8) is 0 Å². The van der Waals surface area contributed by atoms with Crippen molar-refractivity contribution < 1.29 is 4.79 Å². The summed E-state index contributed by atoms with van der Waals surface area (Å²) < 4.78 is 3.92. The van der Waals surface area contributed by atoms with E-state index in [9.17, 15) is 4.79 Å². The van der Waals surface area contributed by atoms with E-state index in [1.807, 2.05) is 60.4 Å². The van der Waals surface area contributed by atoms with Crippen molar-refractivity contribution in [2.24, 2.45) is 7.05 Å². The van der Waals surface area contributed by atoms with Crippen LogP contribution in [0.3, 0.4) is 0 Å². The second kappa shape index (κ2) is 8.73. The Morgan fingerprint density at radius 3 is 2.62 bits per heavy atom. The summed E-state index contributed by atoms with van der Waals surface area (Å²) in [7, 11) is 2.01. The average molecular weight is 387 g/mol. The van der Waals surface area contributed by atoms with E-state index in [1.54, 1.807) is 6.20 Å². The number of aryl methyl sites for hydroxylation is 2. The number of para-hydroxylation sites is 2. The van der Waals surface area contributed by atoms with Crippen molar-refractivity contribution in [3.05, 3.63) is 84.4 Å². The summed E-state index contributed by atoms with van der Waals surface area (Å²) in [4.78, 5) is 17.5. The number of aromatic nitrogens is 4. The molecule has 0 saturated heterocycles. The van der Waals surface area contributed by atoms with Gasteiger partial charge in [-0.05, 0) is 36.6 Å². The summed E-state index contributed by atoms with van der Waals surface area (Å²) in [6.45, 7) is 0.732. The van der Waals surface area contributed by atoms with Gasteiger partial charge in [-0.1, -0.05) is 42.5 Å². The molecule has 0 saturated carbocycles. The third kappa shape index (κ3) is 4.54. The summed E-state index contributed by atoms with van der Waals surface area (Å²) in [6, 6.07) is 20.0. The first kappa shape index (κ1) is 18.9. The van der Waals surface area contributed by atoms with Gasteiger partial charge in [0.2, 0.25) is 5.91 Å². The van der Waals surface area contributed by atoms with Crippen LogP contribution in [-0.4, -0.2) is 25.2 Å². The van der Waals surface area contributed by atoms with Gasteiger partial charge in [-0.25, -0.2) is 4.98 Å². The van der Waals surface area contributed by atoms with Gasteiger partial charge in [-0.3, -0.25) is 9.48 Å². The van der Waals surface area contributed by atoms with E-state index in [1.165, 1.54) is 5.56 Å². The smallest absolute Gasteiger partial charge is 0.220 e. The van der Waals surface area contributed by atoms with Crippen LogP contribution in [0.2, 0.25) is 0 Å². The molecule has 0 unspecified atom stereocenters. The number of benzene rings is 2. The predicted molar refractivity (Wildman–Crippen MR) is 113 cm³/mol. The highest BCUT2D eigenvalue weighted by Gasteiger charge is 2.21. The number of amides is 1. The summed E-state index contributed by atoms with van der Waals surface area (Å²) in [6.07, 6.45) is 5.56. The molecule has 0 spiro atoms. The average Bonchev–Trinajstić information content (AvgIpc) is 3.37. The first-order chi connectivity index (χ1) is 14.2. The molecule has 0 aliphatic rings. The van der Waals surface area contributed by atoms with Gasteiger partial charge in [0.15, 0.2) is 0 Å². The quantitative estimate of drug-likeness (QED) is 0.502. The maximum Gasteiger partial charge on any atom is 0.220 e. The number of nitrogens with zero attached hydrogens (tertiary/aromatic N) is 4. The molecule has 2 heterocycles. The molecule has 6 heteroatoms. The molecule has 29 heavy (non-hydrogen) atoms. The van der Waals surface area contributed by atoms with Crippen LogP contribution >= 0.6 is 0 Å². The fourth-order valence-corrected chi connectivity index (χ4v) is 3.63. The van der Waals surface area contributed by atoms with E-state index in [2.05, 4.69) is 33.2 Å². The minimum absolute atomic E-state index is 0.0325. The monoisotopic (exact) mass is 387 g/mol. The molecule has 1 N–H and O–H groups in total. The highest BCUT2D eigenvalue weighted by Crippen LogP contribution is 2.23. The molecule has 4 aromatic rings. The topological polar surface area (TPSA) is 64.7 Å². The molecule has 1 amide bonds. The van der Waals surface area contributed by atoms with Crippen LogP contribution in [0.25, 0.3) is 11.0 Å². The van der Waals surface area contributed by atoms with Crippen LogP contribution in [0.4, 0.5) is 0 Å². The Kier molecular flexibility index (Phi) is 5.70. The second-order valence-electron chi connectivity index (χ2n) is 7.20. The molecule has 4 rings (SSSR count). The summed E-state index contributed by atoms with van der Waals surface area (Å²) in [5.74, 6) is 0.903. The Hall–Kier alpha value is -3.41. The summed E-state index contributed by atoms with van der Waals surface area (Å²) in [5, 5.41) is 7.40. The Bertz CT molecular complexity index is 1070. The van der Waals surface area contributed by atoms with Gasteiger partial charge in [0.1, 0.15) is 5.82 Å². The highest BCUT2D eigenvalue weighted by atomic mass is 16.1. The standard InChI is InChI=1S/C23H25N5O/c1-27-21-12-6-5-11-19(21)26-23(27)20(17-18-9-3-2-4-10-18)25-22(29)13-7-15-28-16-8-14-24-28/h2-6,8-12,14,16,20H,7,13,15,17H2,1H3,(H,25,29)/t20-/m1/s1. The van der Waals surface area contributed by atoms with Gasteiger partial charge < -0.3 is 9.88 Å². The molecule has 0 bridgehead atoms. The Morgan fingerprint density at radius 1 is 1.07 bits per heavy atom. The largest absolute Gasteiger partial charge is 0.346 e. The number of hydrogen-bond donors (Lipinski definition) is 1. The number of hydrogen-bond acceptors (Lipinski definition) is 3. The number of fused-ring (bicyclic) bond motifs is 1. The normalized spacial score (nSPS) is 12.2. The predicted octanol–water partition coefficient (Wildman–Crippen LogP) is 3.65. The zero-order chi connectivity index (χ0) is 20.1. The van der Waals surface area contributed by atoms with Crippen LogP contribution in [0.5, 0.6) is 0 Å². The van der Waals surface area contributed by atoms with Crippen molar-refractivity contribution >= 4 is 16.9 Å². The van der Waals surface area contributed by atoms with Crippen molar-refractivity contribution in [3.8, 4) is 0 Å². The van der Waals surface area contributed by atoms with Crippen molar-refractivity contribution in [1.82, 2.24) is 24.6 Å². The lowest BCUT2D eigenvalue weighted by Gasteiger charge is -2.19. The number of imidazole rings is 1. The fraction of sp³-hybridized carbons (Fsp3) is 0.261. The third-order valence-electron chi connectivity index (χ3n) is 5.10. The Morgan fingerprint density at radius 2 is 1.86 bits per heavy atom. The number of carbonyl (C=O) groups excluding carboxylic acids is 1. The van der Waals surface area contributed by atoms with Gasteiger partial charge in [-0.15, -0.1) is 0 Å². The highest BCUT2D eigenvalue weighted by molar-refractivity contribution is 5.78. The second-order valence-corrected chi connectivity index (χ2v) is 7.20. The van der Waals surface area contributed by atoms with E-state index >= 15 is 0 Å². The van der Waals surface area contributed by atoms with E-state index in [4.69, 9.17) is 4.98 Å². The Labute approximate surface area is 170 Å². The zero-order valence-corrected chi connectivity index (χ0v) is 16.5. The van der Waals surface area contributed by atoms with Crippen molar-refractivity contribution in [1.29, 1.82) is 0 Å². The molecule has 1 atom stereocenters. The van der Waals surface area contributed by atoms with Gasteiger partial charge in [0.25, 0.3) is 0 Å². The summed E-state index contributed by atoms with van der Waals surface area (Å²) >= 11 is 0. The molecule has 0 radical (unpaired) electrons. The summed E-state index contributed by atoms with van der Waals surface area (Å²) in [5.41, 5.74) is 3.17. The minimum atomic E-state index is -0.188. The molecule has 2 aromatic heterocycles. The lowest BCUT2D eigenvalue weighted by molar-refractivity contribution is -0.122. The third-order valence-corrected chi connectivity index (χ3v) is 5.10. The van der Waals surface area contributed by atoms with Crippen LogP contribution in [-0.2, 0) is 24.8 Å². The van der Waals surface area contributed by atoms with Gasteiger partial charge >= 0.3 is 0 Å². The van der Waals surface area contributed by atoms with Gasteiger partial charge in [0, 0.05) is 32.4 Å². The van der Waals surface area contributed by atoms with Gasteiger partial charge in [0.05, 0.1) is 17.1 Å². The zero-order valence-electron chi connectivity index (χ0n) is 16.5. The first-order valence-electron chi connectivity index (χ1n) is 9.93. The number of carbonyl (C=O) groups is 1. The molecule has 0 aliphatic heterocycles. The first-order valence-corrected chi connectivity index (χ1v) is 9.93.